The Hall–Kier alpha value is -3.93. The summed E-state index contributed by atoms with van der Waals surface area (Å²) in [7, 11) is 0. The molecule has 1 N–H and O–H groups in total. The number of anilines is 2. The van der Waals surface area contributed by atoms with Gasteiger partial charge in [0.15, 0.2) is 0 Å². The molecule has 1 fully saturated rings. The lowest BCUT2D eigenvalue weighted by Crippen LogP contribution is -2.23. The fraction of sp³-hybridized carbons (Fsp3) is 0.160. The molecule has 0 saturated carbocycles. The molecule has 6 heteroatoms. The molecule has 0 atom stereocenters. The number of carbonyl (C=O) groups excluding carboxylic acids is 2. The first kappa shape index (κ1) is 19.1. The maximum atomic E-state index is 12.8. The highest BCUT2D eigenvalue weighted by molar-refractivity contribution is 6.04. The first-order valence-electron chi connectivity index (χ1n) is 10.4. The molecule has 1 aliphatic heterocycles. The Morgan fingerprint density at radius 2 is 1.77 bits per heavy atom. The summed E-state index contributed by atoms with van der Waals surface area (Å²) in [5.74, 6) is 0.560. The monoisotopic (exact) mass is 410 g/mol. The van der Waals surface area contributed by atoms with Crippen molar-refractivity contribution in [1.29, 1.82) is 0 Å². The van der Waals surface area contributed by atoms with Crippen molar-refractivity contribution in [2.24, 2.45) is 0 Å². The van der Waals surface area contributed by atoms with Gasteiger partial charge in [-0.15, -0.1) is 0 Å². The van der Waals surface area contributed by atoms with E-state index in [-0.39, 0.29) is 11.8 Å². The van der Waals surface area contributed by atoms with Crippen molar-refractivity contribution in [3.63, 3.8) is 0 Å². The summed E-state index contributed by atoms with van der Waals surface area (Å²) < 4.78 is 1.79. The third kappa shape index (κ3) is 3.80. The summed E-state index contributed by atoms with van der Waals surface area (Å²) in [6, 6.07) is 23.4. The molecule has 0 unspecified atom stereocenters. The van der Waals surface area contributed by atoms with Gasteiger partial charge in [-0.2, -0.15) is 5.10 Å². The molecule has 3 aromatic carbocycles. The summed E-state index contributed by atoms with van der Waals surface area (Å²) in [6.45, 7) is 1.29. The minimum atomic E-state index is -0.209. The van der Waals surface area contributed by atoms with Gasteiger partial charge >= 0.3 is 0 Å². The Labute approximate surface area is 180 Å². The average molecular weight is 410 g/mol. The summed E-state index contributed by atoms with van der Waals surface area (Å²) >= 11 is 0. The maximum Gasteiger partial charge on any atom is 0.256 e. The second-order valence-electron chi connectivity index (χ2n) is 7.66. The Morgan fingerprint density at radius 1 is 0.968 bits per heavy atom. The number of rotatable bonds is 5. The van der Waals surface area contributed by atoms with Crippen LogP contribution in [0, 0.1) is 0 Å². The highest BCUT2D eigenvalue weighted by Gasteiger charge is 2.21. The number of hydrogen-bond donors (Lipinski definition) is 1. The van der Waals surface area contributed by atoms with E-state index in [4.69, 9.17) is 0 Å². The molecule has 0 bridgehead atoms. The van der Waals surface area contributed by atoms with Crippen molar-refractivity contribution in [2.75, 3.05) is 16.8 Å². The van der Waals surface area contributed by atoms with Gasteiger partial charge in [0.05, 0.1) is 12.7 Å². The minimum absolute atomic E-state index is 0.134. The van der Waals surface area contributed by atoms with Crippen LogP contribution < -0.4 is 10.2 Å². The quantitative estimate of drug-likeness (QED) is 0.528. The van der Waals surface area contributed by atoms with Crippen molar-refractivity contribution >= 4 is 34.1 Å². The Kier molecular flexibility index (Phi) is 4.96. The summed E-state index contributed by atoms with van der Waals surface area (Å²) in [5, 5.41) is 9.70. The number of nitrogens with one attached hydrogen (secondary N) is 1. The van der Waals surface area contributed by atoms with Gasteiger partial charge in [0.25, 0.3) is 5.91 Å². The highest BCUT2D eigenvalue weighted by Crippen LogP contribution is 2.23. The lowest BCUT2D eigenvalue weighted by atomic mass is 10.0. The van der Waals surface area contributed by atoms with E-state index in [9.17, 15) is 9.59 Å². The van der Waals surface area contributed by atoms with Gasteiger partial charge in [-0.1, -0.05) is 42.5 Å². The Morgan fingerprint density at radius 3 is 2.58 bits per heavy atom. The van der Waals surface area contributed by atoms with E-state index in [1.807, 2.05) is 30.3 Å². The molecule has 154 valence electrons. The molecular weight excluding hydrogens is 388 g/mol. The number of fused-ring (bicyclic) bond motifs is 1. The molecule has 1 aliphatic rings. The van der Waals surface area contributed by atoms with Gasteiger partial charge < -0.3 is 10.2 Å². The zero-order chi connectivity index (χ0) is 21.2. The number of nitrogens with zero attached hydrogens (tertiary/aromatic N) is 3. The number of aromatic nitrogens is 2. The lowest BCUT2D eigenvalue weighted by molar-refractivity contribution is -0.117. The van der Waals surface area contributed by atoms with Gasteiger partial charge in [-0.05, 0) is 47.0 Å². The van der Waals surface area contributed by atoms with Crippen LogP contribution in [-0.4, -0.2) is 28.1 Å². The van der Waals surface area contributed by atoms with E-state index >= 15 is 0 Å². The van der Waals surface area contributed by atoms with Crippen molar-refractivity contribution in [1.82, 2.24) is 9.78 Å². The van der Waals surface area contributed by atoms with Crippen molar-refractivity contribution < 1.29 is 9.59 Å². The van der Waals surface area contributed by atoms with Crippen LogP contribution in [0.3, 0.4) is 0 Å². The van der Waals surface area contributed by atoms with Crippen LogP contribution in [0.4, 0.5) is 11.5 Å². The van der Waals surface area contributed by atoms with Crippen molar-refractivity contribution in [2.45, 2.75) is 19.4 Å². The molecule has 1 saturated heterocycles. The van der Waals surface area contributed by atoms with E-state index in [1.165, 1.54) is 10.8 Å². The standard InChI is InChI=1S/C25H22N4O2/c30-24-9-4-16-28(24)21-12-10-19(11-13-21)25(31)27-23-14-15-26-29(23)17-20-7-3-6-18-5-1-2-8-22(18)20/h1-3,5-8,10-15H,4,9,16-17H2,(H,27,31). The van der Waals surface area contributed by atoms with Crippen LogP contribution in [0.25, 0.3) is 10.8 Å². The summed E-state index contributed by atoms with van der Waals surface area (Å²) in [4.78, 5) is 26.5. The largest absolute Gasteiger partial charge is 0.312 e. The first-order valence-corrected chi connectivity index (χ1v) is 10.4. The topological polar surface area (TPSA) is 67.2 Å². The highest BCUT2D eigenvalue weighted by atomic mass is 16.2. The fourth-order valence-corrected chi connectivity index (χ4v) is 4.06. The van der Waals surface area contributed by atoms with E-state index in [2.05, 4.69) is 34.7 Å². The molecule has 0 radical (unpaired) electrons. The molecule has 0 spiro atoms. The number of benzene rings is 3. The normalized spacial score (nSPS) is 13.7. The van der Waals surface area contributed by atoms with E-state index < -0.39 is 0 Å². The molecule has 31 heavy (non-hydrogen) atoms. The Balaban J connectivity index is 1.33. The van der Waals surface area contributed by atoms with Gasteiger partial charge in [0, 0.05) is 30.3 Å². The van der Waals surface area contributed by atoms with Gasteiger partial charge in [0.2, 0.25) is 5.91 Å². The lowest BCUT2D eigenvalue weighted by Gasteiger charge is -2.16. The molecule has 5 rings (SSSR count). The Bertz CT molecular complexity index is 1250. The number of hydrogen-bond acceptors (Lipinski definition) is 3. The molecule has 0 aliphatic carbocycles. The maximum absolute atomic E-state index is 12.8. The van der Waals surface area contributed by atoms with Crippen LogP contribution in [0.15, 0.2) is 79.0 Å². The van der Waals surface area contributed by atoms with E-state index in [0.29, 0.717) is 24.3 Å². The molecule has 2 amide bonds. The van der Waals surface area contributed by atoms with Crippen LogP contribution >= 0.6 is 0 Å². The molecule has 2 heterocycles. The van der Waals surface area contributed by atoms with Gasteiger partial charge in [-0.3, -0.25) is 9.59 Å². The zero-order valence-electron chi connectivity index (χ0n) is 17.0. The molecule has 4 aromatic rings. The average Bonchev–Trinajstić information content (AvgIpc) is 3.43. The molecule has 1 aromatic heterocycles. The predicted octanol–water partition coefficient (Wildman–Crippen LogP) is 4.46. The SMILES string of the molecule is O=C(Nc1ccnn1Cc1cccc2ccccc12)c1ccc(N2CCCC2=O)cc1. The third-order valence-corrected chi connectivity index (χ3v) is 5.67. The predicted molar refractivity (Wildman–Crippen MR) is 121 cm³/mol. The van der Waals surface area contributed by atoms with E-state index in [1.54, 1.807) is 34.0 Å². The number of carbonyl (C=O) groups is 2. The van der Waals surface area contributed by atoms with Crippen LogP contribution in [0.1, 0.15) is 28.8 Å². The molecular formula is C25H22N4O2. The van der Waals surface area contributed by atoms with E-state index in [0.717, 1.165) is 24.2 Å². The third-order valence-electron chi connectivity index (χ3n) is 5.67. The fourth-order valence-electron chi connectivity index (χ4n) is 4.06. The zero-order valence-corrected chi connectivity index (χ0v) is 17.0. The smallest absolute Gasteiger partial charge is 0.256 e. The second kappa shape index (κ2) is 8.07. The van der Waals surface area contributed by atoms with Gasteiger partial charge in [-0.25, -0.2) is 4.68 Å². The van der Waals surface area contributed by atoms with Crippen LogP contribution in [0.5, 0.6) is 0 Å². The first-order chi connectivity index (χ1) is 15.2. The second-order valence-corrected chi connectivity index (χ2v) is 7.66. The van der Waals surface area contributed by atoms with Crippen molar-refractivity contribution in [3.8, 4) is 0 Å². The van der Waals surface area contributed by atoms with Crippen LogP contribution in [-0.2, 0) is 11.3 Å². The minimum Gasteiger partial charge on any atom is -0.312 e. The van der Waals surface area contributed by atoms with Crippen LogP contribution in [0.2, 0.25) is 0 Å². The number of amides is 2. The summed E-state index contributed by atoms with van der Waals surface area (Å²) in [6.07, 6.45) is 3.15. The van der Waals surface area contributed by atoms with Crippen molar-refractivity contribution in [3.05, 3.63) is 90.1 Å². The summed E-state index contributed by atoms with van der Waals surface area (Å²) in [5.41, 5.74) is 2.50. The molecule has 6 nitrogen and oxygen atoms in total. The van der Waals surface area contributed by atoms with Gasteiger partial charge in [0.1, 0.15) is 5.82 Å².